The average Bonchev–Trinajstić information content (AvgIpc) is 3.26. The Hall–Kier alpha value is -4.15. The SMILES string of the molecule is C[C@@H]1O[C@@H](O[C@H]2[C@H](O)C[C@H](c3ccc4c(c3O)C(=O)C3=C(C4=O)[C@@]4(O)C(=O)C[C@](C)(O[C@H]5CC[C@H](O[C@H]6CC[C@H](O[C@H]7C=CC(=O)[C@H](C)O7)[C@H](C)O6)[C@H](C)O5)C[C@@]4(O)C=C3)O[C@@H]2C)C=CC1=O. The van der Waals surface area contributed by atoms with Crippen molar-refractivity contribution >= 4 is 28.9 Å². The molecule has 0 radical (unpaired) electrons. The van der Waals surface area contributed by atoms with Crippen molar-refractivity contribution in [2.75, 3.05) is 0 Å². The highest BCUT2D eigenvalue weighted by atomic mass is 16.7. The molecule has 0 spiro atoms. The van der Waals surface area contributed by atoms with E-state index in [0.717, 1.165) is 6.08 Å². The fraction of sp³-hybridized carbons (Fsp3) is 0.612. The standard InChI is InChI=1S/C49H58O18/c1-22-30(50)9-13-37(60-22)64-33-11-15-38(62-24(33)3)65-34-12-16-40(63-25(34)4)67-47(6)20-36(53)49(58)42-29(17-18-48(49,57)21-47)44(55)41-28(45(42)56)8-7-27(43(41)54)35-19-32(52)46(26(5)59-35)66-39-14-10-31(51)23(2)61-39/h7-10,13-14,17-18,22-26,32-35,37-40,46,52,54,57-58H,11-12,15-16,19-21H2,1-6H3/t22-,23-,24-,25-,26+,32+,33-,34-,35+,37-,38-,39-,40-,46+,47-,48-,49-/m0/s1. The first-order valence-electron chi connectivity index (χ1n) is 23.1. The van der Waals surface area contributed by atoms with Crippen LogP contribution in [0.1, 0.15) is 119 Å². The van der Waals surface area contributed by atoms with E-state index in [4.69, 9.17) is 42.6 Å². The molecule has 17 atom stereocenters. The minimum Gasteiger partial charge on any atom is -0.507 e. The van der Waals surface area contributed by atoms with Gasteiger partial charge in [0.15, 0.2) is 59.7 Å². The number of ketones is 5. The summed E-state index contributed by atoms with van der Waals surface area (Å²) >= 11 is 0. The molecule has 362 valence electrons. The lowest BCUT2D eigenvalue weighted by Gasteiger charge is -2.53. The summed E-state index contributed by atoms with van der Waals surface area (Å²) in [4.78, 5) is 66.5. The van der Waals surface area contributed by atoms with Crippen molar-refractivity contribution in [2.24, 2.45) is 0 Å². The molecule has 1 aromatic rings. The molecule has 0 aromatic heterocycles. The second kappa shape index (κ2) is 18.0. The Morgan fingerprint density at radius 3 is 1.94 bits per heavy atom. The van der Waals surface area contributed by atoms with Gasteiger partial charge in [0, 0.05) is 48.8 Å². The second-order valence-electron chi connectivity index (χ2n) is 19.3. The number of hydrogen-bond acceptors (Lipinski definition) is 18. The van der Waals surface area contributed by atoms with Gasteiger partial charge in [0.25, 0.3) is 0 Å². The quantitative estimate of drug-likeness (QED) is 0.277. The fourth-order valence-electron chi connectivity index (χ4n) is 10.7. The average molecular weight is 935 g/mol. The summed E-state index contributed by atoms with van der Waals surface area (Å²) in [7, 11) is 0. The van der Waals surface area contributed by atoms with E-state index >= 15 is 0 Å². The lowest BCUT2D eigenvalue weighted by Crippen LogP contribution is -2.69. The van der Waals surface area contributed by atoms with Crippen molar-refractivity contribution in [3.05, 3.63) is 76.4 Å². The largest absolute Gasteiger partial charge is 0.507 e. The van der Waals surface area contributed by atoms with Crippen LogP contribution in [-0.2, 0) is 57.0 Å². The first kappa shape index (κ1) is 47.9. The molecule has 4 N–H and O–H groups in total. The molecule has 0 bridgehead atoms. The van der Waals surface area contributed by atoms with Crippen molar-refractivity contribution < 1.29 is 87.0 Å². The Bertz CT molecular complexity index is 2320. The number of carbonyl (C=O) groups excluding carboxylic acids is 5. The molecule has 1 aromatic carbocycles. The molecule has 67 heavy (non-hydrogen) atoms. The predicted molar refractivity (Wildman–Crippen MR) is 229 cm³/mol. The number of aliphatic hydroxyl groups excluding tert-OH is 1. The molecule has 18 heteroatoms. The highest BCUT2D eigenvalue weighted by Crippen LogP contribution is 2.53. The maximum Gasteiger partial charge on any atom is 0.198 e. The topological polar surface area (TPSA) is 249 Å². The van der Waals surface area contributed by atoms with Gasteiger partial charge in [-0.1, -0.05) is 12.1 Å². The van der Waals surface area contributed by atoms with Crippen LogP contribution in [0.5, 0.6) is 5.75 Å². The van der Waals surface area contributed by atoms with Gasteiger partial charge in [-0.25, -0.2) is 0 Å². The normalized spacial score (nSPS) is 43.3. The molecule has 8 aliphatic rings. The number of benzene rings is 1. The van der Waals surface area contributed by atoms with E-state index in [1.807, 2.05) is 13.8 Å². The van der Waals surface area contributed by atoms with Crippen LogP contribution in [-0.4, -0.2) is 146 Å². The molecule has 3 aliphatic carbocycles. The van der Waals surface area contributed by atoms with Crippen molar-refractivity contribution in [1.82, 2.24) is 0 Å². The van der Waals surface area contributed by atoms with E-state index in [2.05, 4.69) is 0 Å². The Labute approximate surface area is 386 Å². The minimum absolute atomic E-state index is 0.0728. The van der Waals surface area contributed by atoms with Gasteiger partial charge < -0.3 is 63.1 Å². The van der Waals surface area contributed by atoms with Crippen molar-refractivity contribution in [1.29, 1.82) is 0 Å². The lowest BCUT2D eigenvalue weighted by molar-refractivity contribution is -0.308. The first-order valence-corrected chi connectivity index (χ1v) is 23.1. The molecular formula is C49H58O18. The maximum absolute atomic E-state index is 14.4. The van der Waals surface area contributed by atoms with E-state index in [9.17, 15) is 44.4 Å². The molecule has 0 amide bonds. The first-order chi connectivity index (χ1) is 31.7. The van der Waals surface area contributed by atoms with Gasteiger partial charge in [-0.3, -0.25) is 24.0 Å². The minimum atomic E-state index is -2.83. The van der Waals surface area contributed by atoms with Crippen LogP contribution in [0.4, 0.5) is 0 Å². The van der Waals surface area contributed by atoms with Gasteiger partial charge in [0.05, 0.1) is 59.5 Å². The summed E-state index contributed by atoms with van der Waals surface area (Å²) in [6.07, 6.45) is 0.121. The number of phenols is 1. The monoisotopic (exact) mass is 934 g/mol. The van der Waals surface area contributed by atoms with Crippen LogP contribution < -0.4 is 0 Å². The lowest BCUT2D eigenvalue weighted by atomic mass is 9.57. The molecule has 4 fully saturated rings. The summed E-state index contributed by atoms with van der Waals surface area (Å²) in [6.45, 7) is 10.3. The van der Waals surface area contributed by atoms with Gasteiger partial charge in [-0.2, -0.15) is 0 Å². The number of ether oxygens (including phenoxy) is 9. The Kier molecular flexibility index (Phi) is 12.9. The van der Waals surface area contributed by atoms with Crippen molar-refractivity contribution in [3.63, 3.8) is 0 Å². The molecule has 5 aliphatic heterocycles. The Balaban J connectivity index is 0.830. The molecule has 18 nitrogen and oxygen atoms in total. The number of phenolic OH excluding ortho intramolecular Hbond substituents is 1. The zero-order valence-electron chi connectivity index (χ0n) is 38.2. The van der Waals surface area contributed by atoms with Crippen LogP contribution in [0.25, 0.3) is 0 Å². The molecule has 3 saturated heterocycles. The molecule has 0 unspecified atom stereocenters. The van der Waals surface area contributed by atoms with Gasteiger partial charge in [0.2, 0.25) is 0 Å². The third-order valence-electron chi connectivity index (χ3n) is 14.4. The Morgan fingerprint density at radius 1 is 0.701 bits per heavy atom. The number of aliphatic hydroxyl groups is 3. The van der Waals surface area contributed by atoms with Gasteiger partial charge >= 0.3 is 0 Å². The molecule has 1 saturated carbocycles. The number of allylic oxidation sites excluding steroid dienone is 2. The van der Waals surface area contributed by atoms with Crippen LogP contribution in [0, 0.1) is 0 Å². The third-order valence-corrected chi connectivity index (χ3v) is 14.4. The number of Topliss-reactive ketones (excluding diaryl/α,β-unsaturated/α-hetero) is 3. The summed E-state index contributed by atoms with van der Waals surface area (Å²) in [6, 6.07) is 2.67. The fourth-order valence-corrected chi connectivity index (χ4v) is 10.7. The zero-order valence-corrected chi connectivity index (χ0v) is 38.2. The summed E-state index contributed by atoms with van der Waals surface area (Å²) < 4.78 is 54.5. The predicted octanol–water partition coefficient (Wildman–Crippen LogP) is 3.39. The molecular weight excluding hydrogens is 877 g/mol. The van der Waals surface area contributed by atoms with Crippen LogP contribution in [0.15, 0.2) is 59.7 Å². The second-order valence-corrected chi connectivity index (χ2v) is 19.3. The smallest absolute Gasteiger partial charge is 0.198 e. The highest BCUT2D eigenvalue weighted by molar-refractivity contribution is 6.32. The molecule has 9 rings (SSSR count). The number of carbonyl (C=O) groups is 5. The van der Waals surface area contributed by atoms with E-state index in [1.54, 1.807) is 33.8 Å². The summed E-state index contributed by atoms with van der Waals surface area (Å²) in [5.74, 6) is -3.62. The van der Waals surface area contributed by atoms with Gasteiger partial charge in [-0.05, 0) is 90.8 Å². The summed E-state index contributed by atoms with van der Waals surface area (Å²) in [5.41, 5.74) is -8.08. The number of aromatic hydroxyl groups is 1. The van der Waals surface area contributed by atoms with Crippen LogP contribution in [0.2, 0.25) is 0 Å². The Morgan fingerprint density at radius 2 is 1.31 bits per heavy atom. The molecule has 5 heterocycles. The highest BCUT2D eigenvalue weighted by Gasteiger charge is 2.67. The van der Waals surface area contributed by atoms with E-state index in [-0.39, 0.29) is 65.0 Å². The van der Waals surface area contributed by atoms with Gasteiger partial charge in [-0.15, -0.1) is 0 Å². The van der Waals surface area contributed by atoms with Crippen molar-refractivity contribution in [3.8, 4) is 5.75 Å². The zero-order chi connectivity index (χ0) is 47.9. The third kappa shape index (κ3) is 8.67. The number of hydrogen-bond donors (Lipinski definition) is 4. The van der Waals surface area contributed by atoms with Gasteiger partial charge in [0.1, 0.15) is 29.7 Å². The van der Waals surface area contributed by atoms with Crippen molar-refractivity contribution in [2.45, 2.75) is 189 Å². The van der Waals surface area contributed by atoms with E-state index in [1.165, 1.54) is 36.4 Å². The van der Waals surface area contributed by atoms with E-state index < -0.39 is 120 Å². The number of fused-ring (bicyclic) bond motifs is 3. The van der Waals surface area contributed by atoms with Crippen LogP contribution >= 0.6 is 0 Å². The summed E-state index contributed by atoms with van der Waals surface area (Å²) in [5, 5.41) is 47.3. The van der Waals surface area contributed by atoms with Crippen LogP contribution in [0.3, 0.4) is 0 Å². The number of rotatable bonds is 9. The maximum atomic E-state index is 14.4. The van der Waals surface area contributed by atoms with E-state index in [0.29, 0.717) is 25.7 Å².